The molecule has 10 nitrogen and oxygen atoms in total. The summed E-state index contributed by atoms with van der Waals surface area (Å²) in [5.74, 6) is -0.360. The number of phenolic OH excluding ortho intramolecular Hbond substituents is 1. The van der Waals surface area contributed by atoms with Crippen molar-refractivity contribution in [2.24, 2.45) is 0 Å². The minimum Gasteiger partial charge on any atom is -0.507 e. The molecule has 3 aromatic rings. The van der Waals surface area contributed by atoms with Crippen molar-refractivity contribution >= 4 is 5.91 Å². The lowest BCUT2D eigenvalue weighted by Gasteiger charge is -2.65. The lowest BCUT2D eigenvalue weighted by molar-refractivity contribution is -0.195. The molecule has 3 aliphatic rings. The highest BCUT2D eigenvalue weighted by atomic mass is 16.5. The van der Waals surface area contributed by atoms with Crippen LogP contribution in [0.5, 0.6) is 5.75 Å². The van der Waals surface area contributed by atoms with Gasteiger partial charge in [-0.15, -0.1) is 0 Å². The SMILES string of the molecule is CO[C@@]12CCC(O)C[C@@]13CCN(C)[C@@H]2Cc1ccc(C(=O)NCCc2ccc(-c4c[nH]c(=O)[nH]c4=O)cc2)c(O)c13. The number of ether oxygens (including phenoxy) is 1. The first-order valence-corrected chi connectivity index (χ1v) is 14.2. The van der Waals surface area contributed by atoms with Gasteiger partial charge >= 0.3 is 5.69 Å². The van der Waals surface area contributed by atoms with Gasteiger partial charge in [-0.2, -0.15) is 0 Å². The number of aliphatic hydroxyl groups excluding tert-OH is 1. The molecule has 2 bridgehead atoms. The van der Waals surface area contributed by atoms with Crippen molar-refractivity contribution in [2.45, 2.75) is 61.7 Å². The van der Waals surface area contributed by atoms with Crippen molar-refractivity contribution in [1.82, 2.24) is 20.2 Å². The van der Waals surface area contributed by atoms with E-state index in [1.54, 1.807) is 25.3 Å². The molecular formula is C31H36N4O6. The number of piperidine rings is 1. The molecule has 0 spiro atoms. The van der Waals surface area contributed by atoms with Crippen molar-refractivity contribution in [2.75, 3.05) is 27.2 Å². The quantitative estimate of drug-likeness (QED) is 0.309. The van der Waals surface area contributed by atoms with Gasteiger partial charge in [0.25, 0.3) is 11.5 Å². The van der Waals surface area contributed by atoms with E-state index in [-0.39, 0.29) is 23.3 Å². The van der Waals surface area contributed by atoms with E-state index in [1.165, 1.54) is 6.20 Å². The van der Waals surface area contributed by atoms with Gasteiger partial charge in [0.15, 0.2) is 0 Å². The summed E-state index contributed by atoms with van der Waals surface area (Å²) in [6.07, 6.45) is 4.75. The number of carbonyl (C=O) groups excluding carboxylic acids is 1. The van der Waals surface area contributed by atoms with Crippen LogP contribution >= 0.6 is 0 Å². The molecule has 2 fully saturated rings. The van der Waals surface area contributed by atoms with Crippen molar-refractivity contribution in [1.29, 1.82) is 0 Å². The van der Waals surface area contributed by atoms with Crippen LogP contribution in [0.25, 0.3) is 11.1 Å². The number of aromatic nitrogens is 2. The second-order valence-electron chi connectivity index (χ2n) is 11.7. The van der Waals surface area contributed by atoms with E-state index < -0.39 is 28.4 Å². The van der Waals surface area contributed by atoms with Crippen LogP contribution in [-0.4, -0.2) is 76.0 Å². The standard InChI is InChI=1S/C31H36N4O6/c1-35-14-12-30-16-21(36)9-11-31(30,41-2)24(35)15-20-7-8-22(26(37)25(20)30)27(38)32-13-10-18-3-5-19(6-4-18)23-17-33-29(40)34-28(23)39/h3-8,17,21,24,36-37H,9-16H2,1-2H3,(H,32,38)(H2,33,34,39,40)/t21?,24-,30-,31-/m1/s1. The summed E-state index contributed by atoms with van der Waals surface area (Å²) in [6, 6.07) is 11.1. The number of likely N-dealkylation sites (N-methyl/N-ethyl adjacent to an activating group) is 1. The average molecular weight is 561 g/mol. The van der Waals surface area contributed by atoms with Gasteiger partial charge in [-0.1, -0.05) is 30.3 Å². The number of aromatic hydroxyl groups is 1. The maximum absolute atomic E-state index is 13.3. The molecule has 41 heavy (non-hydrogen) atoms. The molecule has 5 N–H and O–H groups in total. The Morgan fingerprint density at radius 3 is 2.68 bits per heavy atom. The minimum absolute atomic E-state index is 0.00555. The molecule has 1 aliphatic heterocycles. The Balaban J connectivity index is 1.21. The highest BCUT2D eigenvalue weighted by molar-refractivity contribution is 5.97. The van der Waals surface area contributed by atoms with E-state index in [4.69, 9.17) is 4.74 Å². The Kier molecular flexibility index (Phi) is 6.88. The maximum atomic E-state index is 13.3. The van der Waals surface area contributed by atoms with Crippen LogP contribution in [0, 0.1) is 0 Å². The zero-order valence-corrected chi connectivity index (χ0v) is 23.3. The van der Waals surface area contributed by atoms with Crippen LogP contribution in [0.3, 0.4) is 0 Å². The number of amides is 1. The van der Waals surface area contributed by atoms with Gasteiger partial charge in [-0.25, -0.2) is 4.79 Å². The molecule has 1 amide bonds. The van der Waals surface area contributed by atoms with E-state index >= 15 is 0 Å². The molecule has 0 radical (unpaired) electrons. The van der Waals surface area contributed by atoms with E-state index in [2.05, 4.69) is 27.2 Å². The first-order chi connectivity index (χ1) is 19.7. The Bertz CT molecular complexity index is 1600. The highest BCUT2D eigenvalue weighted by Gasteiger charge is 2.66. The molecule has 2 heterocycles. The number of hydrogen-bond donors (Lipinski definition) is 5. The predicted molar refractivity (Wildman–Crippen MR) is 153 cm³/mol. The number of aromatic amines is 2. The summed E-state index contributed by atoms with van der Waals surface area (Å²) in [7, 11) is 3.85. The van der Waals surface area contributed by atoms with Crippen LogP contribution < -0.4 is 16.6 Å². The third kappa shape index (κ3) is 4.32. The van der Waals surface area contributed by atoms with Crippen molar-refractivity contribution in [3.8, 4) is 16.9 Å². The summed E-state index contributed by atoms with van der Waals surface area (Å²) in [6.45, 7) is 1.18. The Morgan fingerprint density at radius 2 is 1.95 bits per heavy atom. The zero-order valence-electron chi connectivity index (χ0n) is 23.3. The summed E-state index contributed by atoms with van der Waals surface area (Å²) >= 11 is 0. The molecule has 10 heteroatoms. The van der Waals surface area contributed by atoms with Gasteiger partial charge in [0.2, 0.25) is 0 Å². The number of carbonyl (C=O) groups is 1. The summed E-state index contributed by atoms with van der Waals surface area (Å²) in [5.41, 5.74) is 1.89. The third-order valence-corrected chi connectivity index (χ3v) is 9.75. The number of H-pyrrole nitrogens is 2. The number of nitrogens with zero attached hydrogens (tertiary/aromatic N) is 1. The number of benzene rings is 2. The van der Waals surface area contributed by atoms with Gasteiger partial charge in [0, 0.05) is 36.9 Å². The number of nitrogens with one attached hydrogen (secondary N) is 3. The molecule has 1 aromatic heterocycles. The van der Waals surface area contributed by atoms with Crippen LogP contribution in [0.2, 0.25) is 0 Å². The number of phenols is 1. The monoisotopic (exact) mass is 560 g/mol. The van der Waals surface area contributed by atoms with E-state index in [0.717, 1.165) is 29.7 Å². The molecule has 6 rings (SSSR count). The lowest BCUT2D eigenvalue weighted by Crippen LogP contribution is -2.73. The number of hydrogen-bond acceptors (Lipinski definition) is 7. The second kappa shape index (κ2) is 10.3. The molecule has 2 aliphatic carbocycles. The fraction of sp³-hybridized carbons (Fsp3) is 0.452. The topological polar surface area (TPSA) is 148 Å². The van der Waals surface area contributed by atoms with Gasteiger partial charge < -0.3 is 30.2 Å². The van der Waals surface area contributed by atoms with E-state index in [9.17, 15) is 24.6 Å². The average Bonchev–Trinajstić information content (AvgIpc) is 2.95. The highest BCUT2D eigenvalue weighted by Crippen LogP contribution is 2.61. The molecule has 4 atom stereocenters. The van der Waals surface area contributed by atoms with Crippen molar-refractivity contribution in [3.05, 3.63) is 85.7 Å². The van der Waals surface area contributed by atoms with Crippen LogP contribution in [0.4, 0.5) is 0 Å². The molecule has 1 saturated heterocycles. The van der Waals surface area contributed by atoms with E-state index in [0.29, 0.717) is 49.8 Å². The number of fused-ring (bicyclic) bond motifs is 1. The molecule has 216 valence electrons. The number of likely N-dealkylation sites (tertiary alicyclic amines) is 1. The Labute approximate surface area is 237 Å². The fourth-order valence-electron chi connectivity index (χ4n) is 7.79. The van der Waals surface area contributed by atoms with Crippen LogP contribution in [-0.2, 0) is 23.0 Å². The summed E-state index contributed by atoms with van der Waals surface area (Å²) < 4.78 is 6.33. The number of methoxy groups -OCH3 is 1. The summed E-state index contributed by atoms with van der Waals surface area (Å²) in [5, 5.41) is 25.4. The Hall–Kier alpha value is -3.73. The third-order valence-electron chi connectivity index (χ3n) is 9.75. The van der Waals surface area contributed by atoms with Gasteiger partial charge in [-0.3, -0.25) is 14.6 Å². The lowest BCUT2D eigenvalue weighted by atomic mass is 9.48. The Morgan fingerprint density at radius 1 is 1.17 bits per heavy atom. The van der Waals surface area contributed by atoms with E-state index in [1.807, 2.05) is 18.2 Å². The van der Waals surface area contributed by atoms with Gasteiger partial charge in [0.05, 0.1) is 22.8 Å². The fourth-order valence-corrected chi connectivity index (χ4v) is 7.79. The first kappa shape index (κ1) is 27.4. The van der Waals surface area contributed by atoms with Crippen LogP contribution in [0.15, 0.2) is 52.2 Å². The largest absolute Gasteiger partial charge is 0.507 e. The zero-order chi connectivity index (χ0) is 28.9. The molecule has 1 unspecified atom stereocenters. The first-order valence-electron chi connectivity index (χ1n) is 14.2. The summed E-state index contributed by atoms with van der Waals surface area (Å²) in [4.78, 5) is 43.7. The molecule has 2 aromatic carbocycles. The minimum atomic E-state index is -0.570. The van der Waals surface area contributed by atoms with Gasteiger partial charge in [-0.05, 0) is 74.9 Å². The predicted octanol–water partition coefficient (Wildman–Crippen LogP) is 1.84. The van der Waals surface area contributed by atoms with Gasteiger partial charge in [0.1, 0.15) is 5.75 Å². The van der Waals surface area contributed by atoms with Crippen LogP contribution in [0.1, 0.15) is 52.7 Å². The molecular weight excluding hydrogens is 524 g/mol. The second-order valence-corrected chi connectivity index (χ2v) is 11.7. The smallest absolute Gasteiger partial charge is 0.325 e. The molecule has 1 saturated carbocycles. The maximum Gasteiger partial charge on any atom is 0.325 e. The normalized spacial score (nSPS) is 27.1. The number of aliphatic hydroxyl groups is 1. The number of rotatable bonds is 6. The van der Waals surface area contributed by atoms with Crippen molar-refractivity contribution < 1.29 is 19.7 Å². The van der Waals surface area contributed by atoms with Crippen molar-refractivity contribution in [3.63, 3.8) is 0 Å².